The average Bonchev–Trinajstić information content (AvgIpc) is 2.88. The summed E-state index contributed by atoms with van der Waals surface area (Å²) in [6.45, 7) is 0. The maximum Gasteiger partial charge on any atom is 0.185 e. The van der Waals surface area contributed by atoms with Crippen LogP contribution >= 0.6 is 0 Å². The summed E-state index contributed by atoms with van der Waals surface area (Å²) in [5.41, 5.74) is 1.15. The van der Waals surface area contributed by atoms with Crippen molar-refractivity contribution >= 4 is 21.7 Å². The molecule has 0 radical (unpaired) electrons. The second-order valence-electron chi connectivity index (χ2n) is 4.78. The van der Waals surface area contributed by atoms with E-state index in [0.29, 0.717) is 5.56 Å². The highest BCUT2D eigenvalue weighted by Gasteiger charge is 2.16. The number of hydrogen-bond donors (Lipinski definition) is 0. The minimum Gasteiger partial charge on any atom is -0.495 e. The van der Waals surface area contributed by atoms with Gasteiger partial charge in [0.25, 0.3) is 0 Å². The number of ketones is 1. The number of rotatable bonds is 5. The quantitative estimate of drug-likeness (QED) is 0.619. The van der Waals surface area contributed by atoms with Crippen molar-refractivity contribution in [1.29, 1.82) is 0 Å². The maximum atomic E-state index is 12.1. The Labute approximate surface area is 128 Å². The molecule has 0 aliphatic carbocycles. The topological polar surface area (TPSA) is 78.3 Å². The van der Waals surface area contributed by atoms with Crippen LogP contribution in [-0.2, 0) is 16.9 Å². The Balaban J connectivity index is 2.29. The summed E-state index contributed by atoms with van der Waals surface area (Å²) < 4.78 is 29.9. The van der Waals surface area contributed by atoms with Crippen molar-refractivity contribution in [3.63, 3.8) is 0 Å². The number of sulfone groups is 1. The van der Waals surface area contributed by atoms with E-state index in [1.165, 1.54) is 31.4 Å². The molecule has 0 amide bonds. The van der Waals surface area contributed by atoms with Gasteiger partial charge in [0.05, 0.1) is 13.3 Å². The maximum absolute atomic E-state index is 12.1. The monoisotopic (exact) mass is 320 g/mol. The molecule has 0 unspecified atom stereocenters. The first-order chi connectivity index (χ1) is 10.3. The zero-order valence-corrected chi connectivity index (χ0v) is 13.3. The van der Waals surface area contributed by atoms with E-state index in [1.54, 1.807) is 30.2 Å². The third kappa shape index (κ3) is 3.62. The van der Waals surface area contributed by atoms with Crippen molar-refractivity contribution in [2.45, 2.75) is 4.90 Å². The van der Waals surface area contributed by atoms with Gasteiger partial charge in [-0.2, -0.15) is 5.10 Å². The average molecular weight is 320 g/mol. The van der Waals surface area contributed by atoms with Gasteiger partial charge in [-0.3, -0.25) is 9.48 Å². The smallest absolute Gasteiger partial charge is 0.185 e. The molecule has 22 heavy (non-hydrogen) atoms. The molecule has 0 atom stereocenters. The summed E-state index contributed by atoms with van der Waals surface area (Å²) in [6, 6.07) is 4.26. The van der Waals surface area contributed by atoms with Crippen molar-refractivity contribution in [3.05, 3.63) is 47.8 Å². The summed E-state index contributed by atoms with van der Waals surface area (Å²) >= 11 is 0. The number of allylic oxidation sites excluding steroid dienone is 1. The Kier molecular flexibility index (Phi) is 4.46. The zero-order valence-electron chi connectivity index (χ0n) is 12.5. The highest BCUT2D eigenvalue weighted by Crippen LogP contribution is 2.25. The molecule has 1 heterocycles. The van der Waals surface area contributed by atoms with Crippen LogP contribution in [-0.4, -0.2) is 37.3 Å². The van der Waals surface area contributed by atoms with E-state index in [0.717, 1.165) is 11.8 Å². The largest absolute Gasteiger partial charge is 0.495 e. The van der Waals surface area contributed by atoms with E-state index in [1.807, 2.05) is 0 Å². The molecular formula is C15H16N2O4S. The number of benzene rings is 1. The lowest BCUT2D eigenvalue weighted by molar-refractivity contribution is 0.104. The molecule has 2 rings (SSSR count). The van der Waals surface area contributed by atoms with E-state index in [9.17, 15) is 13.2 Å². The van der Waals surface area contributed by atoms with Gasteiger partial charge in [-0.15, -0.1) is 0 Å². The predicted octanol–water partition coefficient (Wildman–Crippen LogP) is 1.73. The highest BCUT2D eigenvalue weighted by molar-refractivity contribution is 7.90. The van der Waals surface area contributed by atoms with E-state index in [2.05, 4.69) is 5.10 Å². The van der Waals surface area contributed by atoms with E-state index in [4.69, 9.17) is 4.74 Å². The van der Waals surface area contributed by atoms with Gasteiger partial charge in [0, 0.05) is 30.6 Å². The Morgan fingerprint density at radius 2 is 2.09 bits per heavy atom. The molecule has 0 saturated carbocycles. The fourth-order valence-corrected chi connectivity index (χ4v) is 2.74. The second-order valence-corrected chi connectivity index (χ2v) is 6.77. The molecule has 0 saturated heterocycles. The second kappa shape index (κ2) is 6.15. The van der Waals surface area contributed by atoms with Crippen LogP contribution in [0.3, 0.4) is 0 Å². The van der Waals surface area contributed by atoms with Crippen molar-refractivity contribution in [2.24, 2.45) is 7.05 Å². The summed E-state index contributed by atoms with van der Waals surface area (Å²) in [5.74, 6) is -0.0923. The van der Waals surface area contributed by atoms with Crippen LogP contribution in [0.1, 0.15) is 15.9 Å². The number of ether oxygens (including phenoxy) is 1. The molecule has 0 spiro atoms. The third-order valence-electron chi connectivity index (χ3n) is 3.00. The standard InChI is InChI=1S/C15H16N2O4S/c1-17-10-11(9-16-17)4-6-13(18)12-5-7-15(22(3,19)20)14(8-12)21-2/h4-10H,1-3H3/b6-4+. The van der Waals surface area contributed by atoms with Gasteiger partial charge in [-0.05, 0) is 30.4 Å². The van der Waals surface area contributed by atoms with Crippen LogP contribution in [0.4, 0.5) is 0 Å². The van der Waals surface area contributed by atoms with Crippen LogP contribution in [0.25, 0.3) is 6.08 Å². The summed E-state index contributed by atoms with van der Waals surface area (Å²) in [6.07, 6.45) is 7.56. The summed E-state index contributed by atoms with van der Waals surface area (Å²) in [7, 11) is -0.255. The summed E-state index contributed by atoms with van der Waals surface area (Å²) in [4.78, 5) is 12.2. The van der Waals surface area contributed by atoms with E-state index < -0.39 is 9.84 Å². The van der Waals surface area contributed by atoms with Crippen molar-refractivity contribution < 1.29 is 17.9 Å². The van der Waals surface area contributed by atoms with Gasteiger partial charge in [-0.25, -0.2) is 8.42 Å². The molecule has 7 heteroatoms. The van der Waals surface area contributed by atoms with Crippen LogP contribution in [0.2, 0.25) is 0 Å². The lowest BCUT2D eigenvalue weighted by Crippen LogP contribution is -2.03. The molecule has 0 fully saturated rings. The first kappa shape index (κ1) is 16.0. The molecular weight excluding hydrogens is 304 g/mol. The SMILES string of the molecule is COc1cc(C(=O)/C=C/c2cnn(C)c2)ccc1S(C)(=O)=O. The van der Waals surface area contributed by atoms with Crippen LogP contribution in [0.15, 0.2) is 41.6 Å². The van der Waals surface area contributed by atoms with Crippen LogP contribution in [0, 0.1) is 0 Å². The van der Waals surface area contributed by atoms with Crippen LogP contribution < -0.4 is 4.74 Å². The van der Waals surface area contributed by atoms with Gasteiger partial charge >= 0.3 is 0 Å². The normalized spacial score (nSPS) is 11.8. The lowest BCUT2D eigenvalue weighted by Gasteiger charge is -2.07. The highest BCUT2D eigenvalue weighted by atomic mass is 32.2. The Morgan fingerprint density at radius 1 is 1.36 bits per heavy atom. The van der Waals surface area contributed by atoms with E-state index in [-0.39, 0.29) is 16.4 Å². The zero-order chi connectivity index (χ0) is 16.3. The van der Waals surface area contributed by atoms with Crippen molar-refractivity contribution in [3.8, 4) is 5.75 Å². The number of hydrogen-bond acceptors (Lipinski definition) is 5. The van der Waals surface area contributed by atoms with Crippen molar-refractivity contribution in [1.82, 2.24) is 9.78 Å². The Morgan fingerprint density at radius 3 is 2.64 bits per heavy atom. The molecule has 6 nitrogen and oxygen atoms in total. The molecule has 0 aliphatic heterocycles. The fraction of sp³-hybridized carbons (Fsp3) is 0.200. The summed E-state index contributed by atoms with van der Waals surface area (Å²) in [5, 5.41) is 4.00. The lowest BCUT2D eigenvalue weighted by atomic mass is 10.1. The number of aromatic nitrogens is 2. The van der Waals surface area contributed by atoms with E-state index >= 15 is 0 Å². The first-order valence-corrected chi connectivity index (χ1v) is 8.29. The minimum atomic E-state index is -3.41. The number of carbonyl (C=O) groups excluding carboxylic acids is 1. The van der Waals surface area contributed by atoms with Gasteiger partial charge in [-0.1, -0.05) is 0 Å². The molecule has 0 aliphatic rings. The van der Waals surface area contributed by atoms with Gasteiger partial charge < -0.3 is 4.74 Å². The fourth-order valence-electron chi connectivity index (χ4n) is 1.92. The Hall–Kier alpha value is -2.41. The molecule has 0 bridgehead atoms. The van der Waals surface area contributed by atoms with Gasteiger partial charge in [0.1, 0.15) is 10.6 Å². The Bertz CT molecular complexity index is 835. The molecule has 2 aromatic rings. The predicted molar refractivity (Wildman–Crippen MR) is 82.7 cm³/mol. The third-order valence-corrected chi connectivity index (χ3v) is 4.14. The van der Waals surface area contributed by atoms with Crippen LogP contribution in [0.5, 0.6) is 5.75 Å². The van der Waals surface area contributed by atoms with Gasteiger partial charge in [0.15, 0.2) is 15.6 Å². The number of methoxy groups -OCH3 is 1. The number of aryl methyl sites for hydroxylation is 1. The molecule has 1 aromatic carbocycles. The molecule has 116 valence electrons. The molecule has 0 N–H and O–H groups in total. The molecule has 1 aromatic heterocycles. The first-order valence-electron chi connectivity index (χ1n) is 6.40. The number of nitrogens with zero attached hydrogens (tertiary/aromatic N) is 2. The van der Waals surface area contributed by atoms with Gasteiger partial charge in [0.2, 0.25) is 0 Å². The number of carbonyl (C=O) groups is 1. The minimum absolute atomic E-state index is 0.0581. The van der Waals surface area contributed by atoms with Crippen molar-refractivity contribution in [2.75, 3.05) is 13.4 Å².